The van der Waals surface area contributed by atoms with Crippen molar-refractivity contribution in [3.8, 4) is 0 Å². The fraction of sp³-hybridized carbons (Fsp3) is 0.368. The molecule has 2 aromatic carbocycles. The number of anilines is 1. The molecule has 3 rings (SSSR count). The van der Waals surface area contributed by atoms with Crippen LogP contribution in [0.3, 0.4) is 0 Å². The maximum atomic E-state index is 3.77. The van der Waals surface area contributed by atoms with Gasteiger partial charge < -0.3 is 5.32 Å². The Balaban J connectivity index is 1.90. The summed E-state index contributed by atoms with van der Waals surface area (Å²) in [4.78, 5) is 0. The molecule has 1 aliphatic rings. The summed E-state index contributed by atoms with van der Waals surface area (Å²) in [7, 11) is 0. The minimum Gasteiger partial charge on any atom is -0.378 e. The van der Waals surface area contributed by atoms with E-state index in [2.05, 4.69) is 61.6 Å². The summed E-state index contributed by atoms with van der Waals surface area (Å²) in [6.07, 6.45) is 5.06. The summed E-state index contributed by atoms with van der Waals surface area (Å²) in [5, 5.41) is 3.77. The quantitative estimate of drug-likeness (QED) is 0.737. The third kappa shape index (κ3) is 2.72. The number of aryl methyl sites for hydroxylation is 3. The molecule has 0 heterocycles. The Morgan fingerprint density at radius 1 is 1.00 bits per heavy atom. The van der Waals surface area contributed by atoms with E-state index in [1.54, 1.807) is 0 Å². The van der Waals surface area contributed by atoms with Crippen molar-refractivity contribution in [1.29, 1.82) is 0 Å². The van der Waals surface area contributed by atoms with Crippen LogP contribution >= 0.6 is 0 Å². The highest BCUT2D eigenvalue weighted by molar-refractivity contribution is 5.54. The standard InChI is InChI=1S/C19H23N/c1-14-11-12-18(15(2)13-14)20-19-10-6-4-8-16-7-3-5-9-17(16)19/h3,5,7,9,11-13,19-20H,4,6,8,10H2,1-2H3. The molecule has 1 atom stereocenters. The highest BCUT2D eigenvalue weighted by Crippen LogP contribution is 2.32. The zero-order valence-electron chi connectivity index (χ0n) is 12.4. The average molecular weight is 265 g/mol. The van der Waals surface area contributed by atoms with Gasteiger partial charge in [-0.1, -0.05) is 48.4 Å². The molecule has 0 amide bonds. The van der Waals surface area contributed by atoms with Crippen LogP contribution < -0.4 is 5.32 Å². The monoisotopic (exact) mass is 265 g/mol. The van der Waals surface area contributed by atoms with Gasteiger partial charge in [-0.15, -0.1) is 0 Å². The minimum absolute atomic E-state index is 0.454. The highest BCUT2D eigenvalue weighted by Gasteiger charge is 2.18. The van der Waals surface area contributed by atoms with E-state index in [-0.39, 0.29) is 0 Å². The van der Waals surface area contributed by atoms with E-state index < -0.39 is 0 Å². The molecular formula is C19H23N. The molecular weight excluding hydrogens is 242 g/mol. The zero-order chi connectivity index (χ0) is 13.9. The summed E-state index contributed by atoms with van der Waals surface area (Å²) < 4.78 is 0. The third-order valence-electron chi connectivity index (χ3n) is 4.33. The molecule has 1 N–H and O–H groups in total. The second-order valence-electron chi connectivity index (χ2n) is 5.96. The van der Waals surface area contributed by atoms with E-state index in [0.29, 0.717) is 6.04 Å². The first-order valence-electron chi connectivity index (χ1n) is 7.65. The zero-order valence-corrected chi connectivity index (χ0v) is 12.4. The molecule has 20 heavy (non-hydrogen) atoms. The van der Waals surface area contributed by atoms with Gasteiger partial charge in [0.15, 0.2) is 0 Å². The molecule has 0 fully saturated rings. The Morgan fingerprint density at radius 3 is 2.70 bits per heavy atom. The van der Waals surface area contributed by atoms with Gasteiger partial charge in [0.25, 0.3) is 0 Å². The fourth-order valence-corrected chi connectivity index (χ4v) is 3.23. The molecule has 1 nitrogen and oxygen atoms in total. The van der Waals surface area contributed by atoms with Gasteiger partial charge in [0.2, 0.25) is 0 Å². The van der Waals surface area contributed by atoms with Crippen molar-refractivity contribution in [3.05, 3.63) is 64.7 Å². The molecule has 0 spiro atoms. The Bertz CT molecular complexity index is 600. The van der Waals surface area contributed by atoms with Gasteiger partial charge in [0.1, 0.15) is 0 Å². The lowest BCUT2D eigenvalue weighted by Gasteiger charge is -2.22. The minimum atomic E-state index is 0.454. The van der Waals surface area contributed by atoms with Crippen molar-refractivity contribution in [2.75, 3.05) is 5.32 Å². The summed E-state index contributed by atoms with van der Waals surface area (Å²) in [5.74, 6) is 0. The highest BCUT2D eigenvalue weighted by atomic mass is 14.9. The Kier molecular flexibility index (Phi) is 3.77. The van der Waals surface area contributed by atoms with Gasteiger partial charge in [-0.25, -0.2) is 0 Å². The smallest absolute Gasteiger partial charge is 0.0516 e. The molecule has 0 saturated carbocycles. The predicted octanol–water partition coefficient (Wildman–Crippen LogP) is 5.18. The van der Waals surface area contributed by atoms with Gasteiger partial charge in [-0.05, 0) is 55.9 Å². The number of nitrogens with one attached hydrogen (secondary N) is 1. The van der Waals surface area contributed by atoms with Crippen LogP contribution in [0.2, 0.25) is 0 Å². The third-order valence-corrected chi connectivity index (χ3v) is 4.33. The van der Waals surface area contributed by atoms with Crippen LogP contribution in [0.5, 0.6) is 0 Å². The largest absolute Gasteiger partial charge is 0.378 e. The second kappa shape index (κ2) is 5.70. The maximum absolute atomic E-state index is 3.77. The van der Waals surface area contributed by atoms with Crippen LogP contribution in [-0.2, 0) is 6.42 Å². The van der Waals surface area contributed by atoms with E-state index in [0.717, 1.165) is 0 Å². The van der Waals surface area contributed by atoms with Crippen LogP contribution in [0.1, 0.15) is 47.6 Å². The van der Waals surface area contributed by atoms with Crippen LogP contribution in [0, 0.1) is 13.8 Å². The normalized spacial score (nSPS) is 18.2. The maximum Gasteiger partial charge on any atom is 0.0516 e. The Hall–Kier alpha value is -1.76. The summed E-state index contributed by atoms with van der Waals surface area (Å²) >= 11 is 0. The molecule has 1 unspecified atom stereocenters. The molecule has 0 aliphatic heterocycles. The SMILES string of the molecule is Cc1ccc(NC2CCCCc3ccccc32)c(C)c1. The number of fused-ring (bicyclic) bond motifs is 1. The topological polar surface area (TPSA) is 12.0 Å². The summed E-state index contributed by atoms with van der Waals surface area (Å²) in [5.41, 5.74) is 6.95. The van der Waals surface area contributed by atoms with Gasteiger partial charge in [0.05, 0.1) is 6.04 Å². The fourth-order valence-electron chi connectivity index (χ4n) is 3.23. The van der Waals surface area contributed by atoms with E-state index in [4.69, 9.17) is 0 Å². The lowest BCUT2D eigenvalue weighted by Crippen LogP contribution is -2.12. The van der Waals surface area contributed by atoms with Crippen molar-refractivity contribution < 1.29 is 0 Å². The number of hydrogen-bond donors (Lipinski definition) is 1. The lowest BCUT2D eigenvalue weighted by molar-refractivity contribution is 0.644. The van der Waals surface area contributed by atoms with Crippen molar-refractivity contribution >= 4 is 5.69 Å². The first-order valence-corrected chi connectivity index (χ1v) is 7.65. The van der Waals surface area contributed by atoms with E-state index >= 15 is 0 Å². The Labute approximate surface area is 122 Å². The first-order chi connectivity index (χ1) is 9.74. The molecule has 0 bridgehead atoms. The second-order valence-corrected chi connectivity index (χ2v) is 5.96. The number of benzene rings is 2. The van der Waals surface area contributed by atoms with E-state index in [1.165, 1.54) is 53.6 Å². The summed E-state index contributed by atoms with van der Waals surface area (Å²) in [6, 6.07) is 16.0. The van der Waals surface area contributed by atoms with E-state index in [9.17, 15) is 0 Å². The van der Waals surface area contributed by atoms with Crippen molar-refractivity contribution in [3.63, 3.8) is 0 Å². The summed E-state index contributed by atoms with van der Waals surface area (Å²) in [6.45, 7) is 4.34. The van der Waals surface area contributed by atoms with Crippen LogP contribution in [-0.4, -0.2) is 0 Å². The van der Waals surface area contributed by atoms with Crippen LogP contribution in [0.4, 0.5) is 5.69 Å². The first kappa shape index (κ1) is 13.2. The van der Waals surface area contributed by atoms with Crippen molar-refractivity contribution in [2.24, 2.45) is 0 Å². The van der Waals surface area contributed by atoms with Crippen molar-refractivity contribution in [1.82, 2.24) is 0 Å². The molecule has 1 heteroatoms. The average Bonchev–Trinajstić information content (AvgIpc) is 2.65. The Morgan fingerprint density at radius 2 is 1.85 bits per heavy atom. The van der Waals surface area contributed by atoms with Gasteiger partial charge in [-0.3, -0.25) is 0 Å². The van der Waals surface area contributed by atoms with E-state index in [1.807, 2.05) is 0 Å². The van der Waals surface area contributed by atoms with Gasteiger partial charge in [0, 0.05) is 5.69 Å². The van der Waals surface area contributed by atoms with Crippen LogP contribution in [0.15, 0.2) is 42.5 Å². The molecule has 2 aromatic rings. The lowest BCUT2D eigenvalue weighted by atomic mass is 9.98. The molecule has 0 radical (unpaired) electrons. The van der Waals surface area contributed by atoms with Gasteiger partial charge >= 0.3 is 0 Å². The number of rotatable bonds is 2. The predicted molar refractivity (Wildman–Crippen MR) is 86.3 cm³/mol. The van der Waals surface area contributed by atoms with Crippen LogP contribution in [0.25, 0.3) is 0 Å². The number of hydrogen-bond acceptors (Lipinski definition) is 1. The van der Waals surface area contributed by atoms with Gasteiger partial charge in [-0.2, -0.15) is 0 Å². The van der Waals surface area contributed by atoms with Crippen molar-refractivity contribution in [2.45, 2.75) is 45.6 Å². The molecule has 1 aliphatic carbocycles. The molecule has 104 valence electrons. The molecule has 0 aromatic heterocycles. The molecule has 0 saturated heterocycles.